The van der Waals surface area contributed by atoms with Crippen LogP contribution in [0.2, 0.25) is 0 Å². The Kier molecular flexibility index (Phi) is 8.68. The lowest BCUT2D eigenvalue weighted by atomic mass is 10.0. The lowest BCUT2D eigenvalue weighted by Gasteiger charge is -2.29. The molecule has 5 nitrogen and oxygen atoms in total. The quantitative estimate of drug-likeness (QED) is 0.629. The second-order valence-corrected chi connectivity index (χ2v) is 8.40. The first kappa shape index (κ1) is 24.9. The standard InChI is InChI=1S/C21H31F3N2O3/c1-13(2)17(19(28)29-20(4,5)6)25-12-16(21(22,23)24)18(27)26-14(3)15-10-8-7-9-11-15/h7-11,13-14,16-17,25H,12H2,1-6H3,(H,26,27)/t14-,16+,17+/m1/s1. The van der Waals surface area contributed by atoms with Crippen LogP contribution >= 0.6 is 0 Å². The molecule has 0 saturated heterocycles. The summed E-state index contributed by atoms with van der Waals surface area (Å²) in [4.78, 5) is 24.7. The van der Waals surface area contributed by atoms with Crippen LogP contribution < -0.4 is 10.6 Å². The number of benzene rings is 1. The molecule has 1 amide bonds. The molecule has 29 heavy (non-hydrogen) atoms. The molecule has 0 bridgehead atoms. The van der Waals surface area contributed by atoms with Gasteiger partial charge in [0.25, 0.3) is 0 Å². The molecule has 0 aromatic heterocycles. The third-order valence-corrected chi connectivity index (χ3v) is 4.24. The van der Waals surface area contributed by atoms with Crippen LogP contribution in [-0.2, 0) is 14.3 Å². The molecule has 0 unspecified atom stereocenters. The normalized spacial score (nSPS) is 15.5. The summed E-state index contributed by atoms with van der Waals surface area (Å²) < 4.78 is 45.9. The van der Waals surface area contributed by atoms with Crippen LogP contribution in [0.5, 0.6) is 0 Å². The monoisotopic (exact) mass is 416 g/mol. The first-order valence-electron chi connectivity index (χ1n) is 9.60. The Morgan fingerprint density at radius 3 is 2.03 bits per heavy atom. The summed E-state index contributed by atoms with van der Waals surface area (Å²) in [6.07, 6.45) is -4.76. The van der Waals surface area contributed by atoms with Crippen molar-refractivity contribution >= 4 is 11.9 Å². The molecule has 0 radical (unpaired) electrons. The molecule has 3 atom stereocenters. The van der Waals surface area contributed by atoms with Gasteiger partial charge in [-0.15, -0.1) is 0 Å². The summed E-state index contributed by atoms with van der Waals surface area (Å²) in [5.74, 6) is -4.40. The number of hydrogen-bond acceptors (Lipinski definition) is 4. The van der Waals surface area contributed by atoms with Crippen molar-refractivity contribution in [2.45, 2.75) is 65.4 Å². The number of rotatable bonds is 8. The largest absolute Gasteiger partial charge is 0.459 e. The number of carbonyl (C=O) groups excluding carboxylic acids is 2. The fraction of sp³-hybridized carbons (Fsp3) is 0.619. The van der Waals surface area contributed by atoms with Crippen LogP contribution in [0, 0.1) is 11.8 Å². The number of ether oxygens (including phenoxy) is 1. The summed E-state index contributed by atoms with van der Waals surface area (Å²) in [6.45, 7) is 9.33. The third kappa shape index (κ3) is 8.43. The molecule has 0 aliphatic carbocycles. The molecular weight excluding hydrogens is 385 g/mol. The lowest BCUT2D eigenvalue weighted by Crippen LogP contribution is -2.51. The fourth-order valence-corrected chi connectivity index (χ4v) is 2.70. The minimum Gasteiger partial charge on any atom is -0.459 e. The van der Waals surface area contributed by atoms with Gasteiger partial charge in [-0.3, -0.25) is 9.59 Å². The molecule has 2 N–H and O–H groups in total. The predicted octanol–water partition coefficient (Wildman–Crippen LogP) is 4.00. The van der Waals surface area contributed by atoms with Crippen molar-refractivity contribution < 1.29 is 27.5 Å². The number of halogens is 3. The van der Waals surface area contributed by atoms with Crippen molar-refractivity contribution in [3.8, 4) is 0 Å². The van der Waals surface area contributed by atoms with Gasteiger partial charge < -0.3 is 15.4 Å². The number of hydrogen-bond donors (Lipinski definition) is 2. The first-order valence-corrected chi connectivity index (χ1v) is 9.60. The van der Waals surface area contributed by atoms with Crippen molar-refractivity contribution in [1.82, 2.24) is 10.6 Å². The van der Waals surface area contributed by atoms with Gasteiger partial charge in [-0.25, -0.2) is 0 Å². The average molecular weight is 416 g/mol. The van der Waals surface area contributed by atoms with Gasteiger partial charge in [0, 0.05) is 6.54 Å². The minimum absolute atomic E-state index is 0.315. The van der Waals surface area contributed by atoms with Crippen LogP contribution in [0.3, 0.4) is 0 Å². The van der Waals surface area contributed by atoms with E-state index in [0.29, 0.717) is 5.56 Å². The van der Waals surface area contributed by atoms with Gasteiger partial charge >= 0.3 is 12.1 Å². The van der Waals surface area contributed by atoms with E-state index in [1.54, 1.807) is 71.9 Å². The maximum Gasteiger partial charge on any atom is 0.401 e. The highest BCUT2D eigenvalue weighted by Crippen LogP contribution is 2.27. The molecular formula is C21H31F3N2O3. The van der Waals surface area contributed by atoms with Crippen molar-refractivity contribution in [2.75, 3.05) is 6.54 Å². The van der Waals surface area contributed by atoms with Gasteiger partial charge in [-0.1, -0.05) is 44.2 Å². The highest BCUT2D eigenvalue weighted by atomic mass is 19.4. The summed E-state index contributed by atoms with van der Waals surface area (Å²) >= 11 is 0. The summed E-state index contributed by atoms with van der Waals surface area (Å²) in [5, 5.41) is 4.99. The van der Waals surface area contributed by atoms with E-state index < -0.39 is 48.2 Å². The lowest BCUT2D eigenvalue weighted by molar-refractivity contribution is -0.183. The molecule has 8 heteroatoms. The zero-order valence-corrected chi connectivity index (χ0v) is 17.8. The highest BCUT2D eigenvalue weighted by Gasteiger charge is 2.45. The molecule has 0 saturated carbocycles. The third-order valence-electron chi connectivity index (χ3n) is 4.24. The average Bonchev–Trinajstić information content (AvgIpc) is 2.56. The minimum atomic E-state index is -4.76. The molecule has 1 aromatic carbocycles. The Bertz CT molecular complexity index is 670. The molecule has 0 heterocycles. The van der Waals surface area contributed by atoms with E-state index in [0.717, 1.165) is 0 Å². The molecule has 0 aliphatic rings. The summed E-state index contributed by atoms with van der Waals surface area (Å²) in [6, 6.07) is 7.18. The Hall–Kier alpha value is -2.09. The number of nitrogens with one attached hydrogen (secondary N) is 2. The van der Waals surface area contributed by atoms with Gasteiger partial charge in [-0.05, 0) is 39.2 Å². The van der Waals surface area contributed by atoms with Crippen molar-refractivity contribution in [1.29, 1.82) is 0 Å². The molecule has 1 aromatic rings. The van der Waals surface area contributed by atoms with E-state index in [2.05, 4.69) is 10.6 Å². The summed E-state index contributed by atoms with van der Waals surface area (Å²) in [7, 11) is 0. The molecule has 0 fully saturated rings. The molecule has 0 aliphatic heterocycles. The number of carbonyl (C=O) groups is 2. The zero-order chi connectivity index (χ0) is 22.4. The zero-order valence-electron chi connectivity index (χ0n) is 17.8. The van der Waals surface area contributed by atoms with Crippen LogP contribution in [0.4, 0.5) is 13.2 Å². The smallest absolute Gasteiger partial charge is 0.401 e. The van der Waals surface area contributed by atoms with Gasteiger partial charge in [0.1, 0.15) is 17.6 Å². The maximum absolute atomic E-state index is 13.5. The topological polar surface area (TPSA) is 67.4 Å². The van der Waals surface area contributed by atoms with Gasteiger partial charge in [0.2, 0.25) is 5.91 Å². The predicted molar refractivity (Wildman–Crippen MR) is 105 cm³/mol. The van der Waals surface area contributed by atoms with Crippen LogP contribution in [0.1, 0.15) is 53.1 Å². The first-order chi connectivity index (χ1) is 13.2. The van der Waals surface area contributed by atoms with E-state index >= 15 is 0 Å². The van der Waals surface area contributed by atoms with Gasteiger partial charge in [-0.2, -0.15) is 13.2 Å². The number of alkyl halides is 3. The number of esters is 1. The molecule has 0 spiro atoms. The number of amides is 1. The Balaban J connectivity index is 2.87. The van der Waals surface area contributed by atoms with Crippen LogP contribution in [0.15, 0.2) is 30.3 Å². The van der Waals surface area contributed by atoms with Crippen molar-refractivity contribution in [3.05, 3.63) is 35.9 Å². The molecule has 1 rings (SSSR count). The van der Waals surface area contributed by atoms with Crippen molar-refractivity contribution in [2.24, 2.45) is 11.8 Å². The van der Waals surface area contributed by atoms with Gasteiger partial charge in [0.15, 0.2) is 0 Å². The highest BCUT2D eigenvalue weighted by molar-refractivity contribution is 5.80. The maximum atomic E-state index is 13.5. The second kappa shape index (κ2) is 10.1. The van der Waals surface area contributed by atoms with E-state index in [1.165, 1.54) is 0 Å². The van der Waals surface area contributed by atoms with E-state index in [1.807, 2.05) is 0 Å². The fourth-order valence-electron chi connectivity index (χ4n) is 2.70. The SMILES string of the molecule is CC(C)[C@H](NC[C@@H](C(=O)N[C@H](C)c1ccccc1)C(F)(F)F)C(=O)OC(C)(C)C. The van der Waals surface area contributed by atoms with Gasteiger partial charge in [0.05, 0.1) is 6.04 Å². The van der Waals surface area contributed by atoms with E-state index in [-0.39, 0.29) is 5.92 Å². The Morgan fingerprint density at radius 2 is 1.59 bits per heavy atom. The second-order valence-electron chi connectivity index (χ2n) is 8.40. The Labute approximate surface area is 170 Å². The van der Waals surface area contributed by atoms with E-state index in [9.17, 15) is 22.8 Å². The summed E-state index contributed by atoms with van der Waals surface area (Å²) in [5.41, 5.74) is -0.0683. The molecule has 164 valence electrons. The Morgan fingerprint density at radius 1 is 1.03 bits per heavy atom. The van der Waals surface area contributed by atoms with Crippen LogP contribution in [-0.4, -0.2) is 36.2 Å². The van der Waals surface area contributed by atoms with Crippen molar-refractivity contribution in [3.63, 3.8) is 0 Å². The van der Waals surface area contributed by atoms with E-state index in [4.69, 9.17) is 4.74 Å². The van der Waals surface area contributed by atoms with Crippen LogP contribution in [0.25, 0.3) is 0 Å².